The van der Waals surface area contributed by atoms with Crippen molar-refractivity contribution in [2.45, 2.75) is 25.5 Å². The first-order valence-electron chi connectivity index (χ1n) is 8.71. The van der Waals surface area contributed by atoms with Crippen LogP contribution in [0.15, 0.2) is 48.5 Å². The van der Waals surface area contributed by atoms with Gasteiger partial charge >= 0.3 is 0 Å². The Morgan fingerprint density at radius 3 is 2.54 bits per heavy atom. The quantitative estimate of drug-likeness (QED) is 0.616. The Bertz CT molecular complexity index is 829. The van der Waals surface area contributed by atoms with E-state index in [9.17, 15) is 5.11 Å². The Labute approximate surface area is 152 Å². The Kier molecular flexibility index (Phi) is 6.09. The van der Waals surface area contributed by atoms with E-state index in [1.165, 1.54) is 0 Å². The largest absolute Gasteiger partial charge is 0.497 e. The molecule has 0 spiro atoms. The zero-order chi connectivity index (χ0) is 18.4. The van der Waals surface area contributed by atoms with Crippen LogP contribution in [0.25, 0.3) is 11.0 Å². The first-order valence-corrected chi connectivity index (χ1v) is 8.71. The highest BCUT2D eigenvalue weighted by molar-refractivity contribution is 5.75. The number of benzene rings is 2. The predicted octanol–water partition coefficient (Wildman–Crippen LogP) is 2.41. The molecule has 1 heterocycles. The van der Waals surface area contributed by atoms with Crippen molar-refractivity contribution >= 4 is 11.0 Å². The zero-order valence-corrected chi connectivity index (χ0v) is 14.8. The van der Waals surface area contributed by atoms with Crippen molar-refractivity contribution in [2.24, 2.45) is 0 Å². The maximum atomic E-state index is 10.4. The van der Waals surface area contributed by atoms with Crippen molar-refractivity contribution in [3.8, 4) is 11.5 Å². The van der Waals surface area contributed by atoms with Gasteiger partial charge in [0, 0.05) is 13.0 Å². The first kappa shape index (κ1) is 18.2. The van der Waals surface area contributed by atoms with E-state index in [0.29, 0.717) is 25.1 Å². The summed E-state index contributed by atoms with van der Waals surface area (Å²) in [7, 11) is 1.61. The summed E-state index contributed by atoms with van der Waals surface area (Å²) in [5, 5.41) is 19.6. The molecule has 0 radical (unpaired) electrons. The Balaban J connectivity index is 1.68. The number of aliphatic hydroxyl groups excluding tert-OH is 2. The molecule has 1 aromatic heterocycles. The number of aliphatic hydroxyl groups is 2. The van der Waals surface area contributed by atoms with Crippen molar-refractivity contribution < 1.29 is 19.7 Å². The fourth-order valence-electron chi connectivity index (χ4n) is 2.88. The molecule has 6 heteroatoms. The third-order valence-corrected chi connectivity index (χ3v) is 4.19. The number of methoxy groups -OCH3 is 1. The third kappa shape index (κ3) is 4.33. The van der Waals surface area contributed by atoms with Crippen LogP contribution in [0.4, 0.5) is 0 Å². The summed E-state index contributed by atoms with van der Waals surface area (Å²) >= 11 is 0. The summed E-state index contributed by atoms with van der Waals surface area (Å²) in [5.41, 5.74) is 1.87. The standard InChI is InChI=1S/C20H24N2O4/c1-25-16-8-10-17(11-9-16)26-14-15(24)13-22-19-6-3-2-5-18(19)21-20(22)7-4-12-23/h2-3,5-6,8-11,15,23-24H,4,7,12-14H2,1H3. The van der Waals surface area contributed by atoms with Crippen LogP contribution in [0.5, 0.6) is 11.5 Å². The van der Waals surface area contributed by atoms with E-state index in [-0.39, 0.29) is 13.2 Å². The smallest absolute Gasteiger partial charge is 0.119 e. The lowest BCUT2D eigenvalue weighted by Gasteiger charge is -2.16. The number of para-hydroxylation sites is 2. The highest BCUT2D eigenvalue weighted by atomic mass is 16.5. The minimum absolute atomic E-state index is 0.117. The number of nitrogens with zero attached hydrogens (tertiary/aromatic N) is 2. The first-order chi connectivity index (χ1) is 12.7. The van der Waals surface area contributed by atoms with Crippen LogP contribution in [0.1, 0.15) is 12.2 Å². The molecule has 6 nitrogen and oxygen atoms in total. The number of hydrogen-bond acceptors (Lipinski definition) is 5. The van der Waals surface area contributed by atoms with Gasteiger partial charge in [-0.15, -0.1) is 0 Å². The van der Waals surface area contributed by atoms with Crippen LogP contribution in [0.3, 0.4) is 0 Å². The summed E-state index contributed by atoms with van der Waals surface area (Å²) in [6.45, 7) is 0.683. The maximum Gasteiger partial charge on any atom is 0.119 e. The molecule has 138 valence electrons. The number of ether oxygens (including phenoxy) is 2. The van der Waals surface area contributed by atoms with E-state index < -0.39 is 6.10 Å². The average Bonchev–Trinajstić information content (AvgIpc) is 3.02. The highest BCUT2D eigenvalue weighted by Crippen LogP contribution is 2.19. The fraction of sp³-hybridized carbons (Fsp3) is 0.350. The van der Waals surface area contributed by atoms with Crippen LogP contribution in [0.2, 0.25) is 0 Å². The highest BCUT2D eigenvalue weighted by Gasteiger charge is 2.14. The van der Waals surface area contributed by atoms with Gasteiger partial charge in [0.15, 0.2) is 0 Å². The van der Waals surface area contributed by atoms with E-state index in [4.69, 9.17) is 14.6 Å². The average molecular weight is 356 g/mol. The van der Waals surface area contributed by atoms with E-state index >= 15 is 0 Å². The lowest BCUT2D eigenvalue weighted by Crippen LogP contribution is -2.24. The molecule has 0 aliphatic rings. The number of aryl methyl sites for hydroxylation is 1. The van der Waals surface area contributed by atoms with Crippen molar-refractivity contribution in [2.75, 3.05) is 20.3 Å². The van der Waals surface area contributed by atoms with Crippen LogP contribution < -0.4 is 9.47 Å². The van der Waals surface area contributed by atoms with Crippen molar-refractivity contribution in [1.29, 1.82) is 0 Å². The molecule has 0 amide bonds. The molecule has 1 atom stereocenters. The van der Waals surface area contributed by atoms with Crippen LogP contribution >= 0.6 is 0 Å². The molecule has 0 bridgehead atoms. The van der Waals surface area contributed by atoms with E-state index in [2.05, 4.69) is 4.98 Å². The Hall–Kier alpha value is -2.57. The summed E-state index contributed by atoms with van der Waals surface area (Å²) in [4.78, 5) is 4.63. The molecular weight excluding hydrogens is 332 g/mol. The molecule has 2 N–H and O–H groups in total. The van der Waals surface area contributed by atoms with Crippen LogP contribution in [-0.4, -0.2) is 46.2 Å². The van der Waals surface area contributed by atoms with Gasteiger partial charge in [0.2, 0.25) is 0 Å². The van der Waals surface area contributed by atoms with Crippen molar-refractivity contribution in [3.05, 3.63) is 54.4 Å². The van der Waals surface area contributed by atoms with Gasteiger partial charge in [-0.2, -0.15) is 0 Å². The molecule has 0 aliphatic heterocycles. The monoisotopic (exact) mass is 356 g/mol. The summed E-state index contributed by atoms with van der Waals surface area (Å²) in [6.07, 6.45) is 0.626. The molecule has 3 aromatic rings. The number of imidazole rings is 1. The molecule has 0 saturated heterocycles. The third-order valence-electron chi connectivity index (χ3n) is 4.19. The molecule has 1 unspecified atom stereocenters. The molecular formula is C20H24N2O4. The number of aromatic nitrogens is 2. The second-order valence-electron chi connectivity index (χ2n) is 6.09. The Morgan fingerprint density at radius 2 is 1.81 bits per heavy atom. The molecule has 3 rings (SSSR count). The van der Waals surface area contributed by atoms with Gasteiger partial charge in [-0.25, -0.2) is 4.98 Å². The molecule has 0 fully saturated rings. The van der Waals surface area contributed by atoms with Gasteiger partial charge < -0.3 is 24.3 Å². The van der Waals surface area contributed by atoms with Gasteiger partial charge in [0.05, 0.1) is 24.7 Å². The Morgan fingerprint density at radius 1 is 1.08 bits per heavy atom. The van der Waals surface area contributed by atoms with Gasteiger partial charge in [-0.3, -0.25) is 0 Å². The summed E-state index contributed by atoms with van der Waals surface area (Å²) in [5.74, 6) is 2.31. The normalized spacial score (nSPS) is 12.3. The van der Waals surface area contributed by atoms with Crippen LogP contribution in [0, 0.1) is 0 Å². The number of hydrogen-bond donors (Lipinski definition) is 2. The second kappa shape index (κ2) is 8.69. The van der Waals surface area contributed by atoms with E-state index in [1.807, 2.05) is 53.1 Å². The zero-order valence-electron chi connectivity index (χ0n) is 14.8. The molecule has 26 heavy (non-hydrogen) atoms. The maximum absolute atomic E-state index is 10.4. The second-order valence-corrected chi connectivity index (χ2v) is 6.09. The summed E-state index contributed by atoms with van der Waals surface area (Å²) in [6, 6.07) is 15.1. The molecule has 0 aliphatic carbocycles. The minimum Gasteiger partial charge on any atom is -0.497 e. The van der Waals surface area contributed by atoms with Gasteiger partial charge in [-0.1, -0.05) is 12.1 Å². The van der Waals surface area contributed by atoms with Crippen molar-refractivity contribution in [3.63, 3.8) is 0 Å². The predicted molar refractivity (Wildman–Crippen MR) is 99.6 cm³/mol. The fourth-order valence-corrected chi connectivity index (χ4v) is 2.88. The molecule has 0 saturated carbocycles. The van der Waals surface area contributed by atoms with Gasteiger partial charge in [-0.05, 0) is 42.8 Å². The van der Waals surface area contributed by atoms with E-state index in [1.54, 1.807) is 7.11 Å². The van der Waals surface area contributed by atoms with Gasteiger partial charge in [0.25, 0.3) is 0 Å². The molecule has 2 aromatic carbocycles. The SMILES string of the molecule is COc1ccc(OCC(O)Cn2c(CCCO)nc3ccccc32)cc1. The van der Waals surface area contributed by atoms with Gasteiger partial charge in [0.1, 0.15) is 30.0 Å². The van der Waals surface area contributed by atoms with Crippen LogP contribution in [-0.2, 0) is 13.0 Å². The van der Waals surface area contributed by atoms with Crippen molar-refractivity contribution in [1.82, 2.24) is 9.55 Å². The lowest BCUT2D eigenvalue weighted by atomic mass is 10.2. The number of fused-ring (bicyclic) bond motifs is 1. The number of rotatable bonds is 9. The summed E-state index contributed by atoms with van der Waals surface area (Å²) < 4.78 is 12.8. The minimum atomic E-state index is -0.678. The lowest BCUT2D eigenvalue weighted by molar-refractivity contribution is 0.0926. The topological polar surface area (TPSA) is 76.7 Å². The van der Waals surface area contributed by atoms with E-state index in [0.717, 1.165) is 22.6 Å².